The van der Waals surface area contributed by atoms with Crippen LogP contribution in [0, 0.1) is 18.7 Å². The molecule has 0 fully saturated rings. The summed E-state index contributed by atoms with van der Waals surface area (Å²) in [5.74, 6) is -1.78. The number of esters is 1. The fourth-order valence-corrected chi connectivity index (χ4v) is 3.74. The van der Waals surface area contributed by atoms with E-state index in [2.05, 4.69) is 15.5 Å². The summed E-state index contributed by atoms with van der Waals surface area (Å²) in [6.07, 6.45) is 0. The van der Waals surface area contributed by atoms with Crippen molar-refractivity contribution >= 4 is 28.6 Å². The Hall–Kier alpha value is -4.08. The zero-order chi connectivity index (χ0) is 24.6. The molecule has 4 rings (SSSR count). The minimum Gasteiger partial charge on any atom is -0.456 e. The molecule has 0 saturated heterocycles. The number of nitrogens with zero attached hydrogens (tertiary/aromatic N) is 4. The van der Waals surface area contributed by atoms with Crippen LogP contribution in [0.2, 0.25) is 0 Å². The quantitative estimate of drug-likeness (QED) is 0.439. The highest BCUT2D eigenvalue weighted by molar-refractivity contribution is 5.97. The number of carbonyl (C=O) groups is 2. The van der Waals surface area contributed by atoms with Crippen molar-refractivity contribution in [3.63, 3.8) is 0 Å². The molecule has 0 unspecified atom stereocenters. The second-order valence-electron chi connectivity index (χ2n) is 8.42. The lowest BCUT2D eigenvalue weighted by Gasteiger charge is -2.21. The number of fused-ring (bicyclic) bond motifs is 3. The smallest absolute Gasteiger partial charge is 0.329 e. The van der Waals surface area contributed by atoms with Crippen LogP contribution in [0.5, 0.6) is 0 Å². The maximum absolute atomic E-state index is 14.0. The van der Waals surface area contributed by atoms with Crippen molar-refractivity contribution < 1.29 is 18.7 Å². The van der Waals surface area contributed by atoms with Gasteiger partial charge in [0.05, 0.1) is 16.5 Å². The molecule has 2 aromatic heterocycles. The Morgan fingerprint density at radius 1 is 1.15 bits per heavy atom. The minimum atomic E-state index is -1.00. The molecule has 0 aliphatic rings. The van der Waals surface area contributed by atoms with E-state index in [0.717, 1.165) is 5.56 Å². The van der Waals surface area contributed by atoms with E-state index in [4.69, 9.17) is 4.74 Å². The zero-order valence-corrected chi connectivity index (χ0v) is 19.2. The number of amides is 1. The summed E-state index contributed by atoms with van der Waals surface area (Å²) in [5.41, 5.74) is 1.15. The molecule has 0 bridgehead atoms. The molecular formula is C24H24FN5O4. The first-order valence-corrected chi connectivity index (χ1v) is 10.7. The Balaban J connectivity index is 1.60. The first-order valence-electron chi connectivity index (χ1n) is 10.7. The minimum absolute atomic E-state index is 0.160. The number of ether oxygens (including phenoxy) is 1. The summed E-state index contributed by atoms with van der Waals surface area (Å²) in [5, 5.41) is 11.2. The summed E-state index contributed by atoms with van der Waals surface area (Å²) in [6.45, 7) is 5.14. The predicted molar refractivity (Wildman–Crippen MR) is 123 cm³/mol. The monoisotopic (exact) mass is 465 g/mol. The summed E-state index contributed by atoms with van der Waals surface area (Å²) < 4.78 is 22.5. The van der Waals surface area contributed by atoms with Crippen LogP contribution in [0.15, 0.2) is 47.3 Å². The molecule has 2 heterocycles. The second-order valence-corrected chi connectivity index (χ2v) is 8.42. The summed E-state index contributed by atoms with van der Waals surface area (Å²) in [6, 6.07) is 9.96. The van der Waals surface area contributed by atoms with E-state index >= 15 is 0 Å². The molecule has 0 spiro atoms. The van der Waals surface area contributed by atoms with Crippen molar-refractivity contribution in [2.75, 3.05) is 0 Å². The fourth-order valence-electron chi connectivity index (χ4n) is 3.74. The van der Waals surface area contributed by atoms with E-state index in [1.807, 2.05) is 13.0 Å². The number of hydrogen-bond acceptors (Lipinski definition) is 6. The molecule has 34 heavy (non-hydrogen) atoms. The first kappa shape index (κ1) is 23.1. The van der Waals surface area contributed by atoms with Gasteiger partial charge in [0, 0.05) is 7.05 Å². The van der Waals surface area contributed by atoms with Gasteiger partial charge in [-0.05, 0) is 37.1 Å². The van der Waals surface area contributed by atoms with Gasteiger partial charge in [-0.1, -0.05) is 37.6 Å². The second kappa shape index (κ2) is 9.05. The van der Waals surface area contributed by atoms with Crippen LogP contribution in [-0.2, 0) is 23.2 Å². The third-order valence-electron chi connectivity index (χ3n) is 5.61. The lowest BCUT2D eigenvalue weighted by Crippen LogP contribution is -2.45. The molecular weight excluding hydrogens is 441 g/mol. The molecule has 176 valence electrons. The topological polar surface area (TPSA) is 108 Å². The van der Waals surface area contributed by atoms with E-state index in [0.29, 0.717) is 22.5 Å². The van der Waals surface area contributed by atoms with Gasteiger partial charge in [0.1, 0.15) is 11.9 Å². The van der Waals surface area contributed by atoms with Crippen molar-refractivity contribution in [1.82, 2.24) is 24.5 Å². The van der Waals surface area contributed by atoms with Crippen LogP contribution in [0.4, 0.5) is 4.39 Å². The standard InChI is InChI=1S/C24H24FN5O4/c1-13(2)20(26-21(31)15-7-5-6-8-17(15)25)23(33)34-12-19-27-28-24-29(4)22(32)16-11-14(3)9-10-18(16)30(19)24/h5-11,13,20H,12H2,1-4H3,(H,26,31)/t20-/m0/s1. The number of rotatable bonds is 6. The van der Waals surface area contributed by atoms with Crippen molar-refractivity contribution in [2.45, 2.75) is 33.4 Å². The van der Waals surface area contributed by atoms with Gasteiger partial charge in [0.25, 0.3) is 11.5 Å². The molecule has 4 aromatic rings. The summed E-state index contributed by atoms with van der Waals surface area (Å²) >= 11 is 0. The molecule has 0 aliphatic heterocycles. The summed E-state index contributed by atoms with van der Waals surface area (Å²) in [4.78, 5) is 38.1. The molecule has 0 radical (unpaired) electrons. The Bertz CT molecular complexity index is 1470. The maximum atomic E-state index is 14.0. The number of halogens is 1. The van der Waals surface area contributed by atoms with Gasteiger partial charge in [0.15, 0.2) is 12.4 Å². The lowest BCUT2D eigenvalue weighted by atomic mass is 10.0. The molecule has 10 heteroatoms. The molecule has 1 amide bonds. The average Bonchev–Trinajstić information content (AvgIpc) is 3.23. The Labute approximate surface area is 194 Å². The van der Waals surface area contributed by atoms with E-state index < -0.39 is 23.7 Å². The van der Waals surface area contributed by atoms with E-state index in [1.54, 1.807) is 37.4 Å². The van der Waals surface area contributed by atoms with Crippen molar-refractivity contribution in [3.8, 4) is 0 Å². The Kier molecular flexibility index (Phi) is 6.14. The molecule has 0 aliphatic carbocycles. The maximum Gasteiger partial charge on any atom is 0.329 e. The highest BCUT2D eigenvalue weighted by atomic mass is 19.1. The number of benzene rings is 2. The third kappa shape index (κ3) is 4.14. The van der Waals surface area contributed by atoms with E-state index in [9.17, 15) is 18.8 Å². The van der Waals surface area contributed by atoms with Crippen molar-refractivity contribution in [3.05, 3.63) is 75.6 Å². The lowest BCUT2D eigenvalue weighted by molar-refractivity contribution is -0.148. The Morgan fingerprint density at radius 3 is 2.59 bits per heavy atom. The molecule has 1 N–H and O–H groups in total. The number of hydrogen-bond donors (Lipinski definition) is 1. The number of aryl methyl sites for hydroxylation is 2. The van der Waals surface area contributed by atoms with Gasteiger partial charge in [-0.2, -0.15) is 0 Å². The molecule has 1 atom stereocenters. The predicted octanol–water partition coefficient (Wildman–Crippen LogP) is 2.53. The number of carbonyl (C=O) groups excluding carboxylic acids is 2. The fraction of sp³-hybridized carbons (Fsp3) is 0.292. The van der Waals surface area contributed by atoms with Crippen LogP contribution in [0.3, 0.4) is 0 Å². The van der Waals surface area contributed by atoms with E-state index in [-0.39, 0.29) is 23.6 Å². The van der Waals surface area contributed by atoms with Gasteiger partial charge < -0.3 is 10.1 Å². The van der Waals surface area contributed by atoms with Gasteiger partial charge in [-0.25, -0.2) is 9.18 Å². The molecule has 0 saturated carbocycles. The third-order valence-corrected chi connectivity index (χ3v) is 5.61. The Morgan fingerprint density at radius 2 is 1.88 bits per heavy atom. The van der Waals surface area contributed by atoms with Gasteiger partial charge in [-0.3, -0.25) is 18.6 Å². The van der Waals surface area contributed by atoms with Crippen LogP contribution >= 0.6 is 0 Å². The highest BCUT2D eigenvalue weighted by Gasteiger charge is 2.28. The highest BCUT2D eigenvalue weighted by Crippen LogP contribution is 2.17. The van der Waals surface area contributed by atoms with Crippen LogP contribution in [0.1, 0.15) is 35.6 Å². The van der Waals surface area contributed by atoms with Gasteiger partial charge >= 0.3 is 5.97 Å². The van der Waals surface area contributed by atoms with Crippen LogP contribution < -0.4 is 10.9 Å². The molecule has 9 nitrogen and oxygen atoms in total. The normalized spacial score (nSPS) is 12.3. The molecule has 2 aromatic carbocycles. The van der Waals surface area contributed by atoms with Crippen molar-refractivity contribution in [2.24, 2.45) is 13.0 Å². The van der Waals surface area contributed by atoms with E-state index in [1.165, 1.54) is 28.8 Å². The SMILES string of the molecule is Cc1ccc2c(c1)c(=O)n(C)c1nnc(COC(=O)[C@@H](NC(=O)c3ccccc3F)C(C)C)n21. The van der Waals surface area contributed by atoms with Crippen LogP contribution in [-0.4, -0.2) is 37.1 Å². The average molecular weight is 465 g/mol. The summed E-state index contributed by atoms with van der Waals surface area (Å²) in [7, 11) is 1.59. The number of aromatic nitrogens is 4. The zero-order valence-electron chi connectivity index (χ0n) is 19.2. The number of nitrogens with one attached hydrogen (secondary N) is 1. The van der Waals surface area contributed by atoms with Crippen molar-refractivity contribution in [1.29, 1.82) is 0 Å². The van der Waals surface area contributed by atoms with Crippen LogP contribution in [0.25, 0.3) is 16.7 Å². The first-order chi connectivity index (χ1) is 16.2. The van der Waals surface area contributed by atoms with Gasteiger partial charge in [0.2, 0.25) is 5.78 Å². The largest absolute Gasteiger partial charge is 0.456 e. The van der Waals surface area contributed by atoms with Gasteiger partial charge in [-0.15, -0.1) is 10.2 Å².